The zero-order chi connectivity index (χ0) is 20.9. The molecule has 3 heterocycles. The van der Waals surface area contributed by atoms with Crippen LogP contribution in [0.1, 0.15) is 24.2 Å². The molecule has 0 unspecified atom stereocenters. The molecule has 0 atom stereocenters. The number of anilines is 1. The zero-order valence-corrected chi connectivity index (χ0v) is 17.2. The second-order valence-electron chi connectivity index (χ2n) is 7.35. The number of methoxy groups -OCH3 is 1. The normalized spacial score (nSPS) is 14.5. The molecule has 1 saturated heterocycles. The van der Waals surface area contributed by atoms with E-state index in [9.17, 15) is 4.79 Å². The fraction of sp³-hybridized carbons (Fsp3) is 0.364. The van der Waals surface area contributed by atoms with Gasteiger partial charge in [0.2, 0.25) is 5.91 Å². The third-order valence-electron chi connectivity index (χ3n) is 5.34. The number of rotatable bonds is 6. The number of carbonyl (C=O) groups excluding carboxylic acids is 1. The van der Waals surface area contributed by atoms with Gasteiger partial charge < -0.3 is 19.5 Å². The maximum atomic E-state index is 12.6. The summed E-state index contributed by atoms with van der Waals surface area (Å²) in [5, 5.41) is 6.93. The van der Waals surface area contributed by atoms with Gasteiger partial charge in [0.05, 0.1) is 12.7 Å². The first-order valence-corrected chi connectivity index (χ1v) is 10.1. The highest BCUT2D eigenvalue weighted by atomic mass is 16.5. The molecule has 1 amide bonds. The Balaban J connectivity index is 1.34. The molecule has 1 aromatic carbocycles. The average molecular weight is 407 g/mol. The lowest BCUT2D eigenvalue weighted by atomic mass is 9.95. The van der Waals surface area contributed by atoms with Crippen molar-refractivity contribution in [1.82, 2.24) is 20.4 Å². The highest BCUT2D eigenvalue weighted by molar-refractivity contribution is 5.79. The van der Waals surface area contributed by atoms with E-state index in [0.717, 1.165) is 48.6 Å². The Morgan fingerprint density at radius 3 is 2.67 bits per heavy atom. The lowest BCUT2D eigenvalue weighted by Crippen LogP contribution is -2.40. The minimum Gasteiger partial charge on any atom is -0.497 e. The Kier molecular flexibility index (Phi) is 5.92. The summed E-state index contributed by atoms with van der Waals surface area (Å²) in [6, 6.07) is 11.5. The third-order valence-corrected chi connectivity index (χ3v) is 5.34. The molecule has 0 bridgehead atoms. The van der Waals surface area contributed by atoms with Gasteiger partial charge in [-0.15, -0.1) is 0 Å². The van der Waals surface area contributed by atoms with Gasteiger partial charge in [0.1, 0.15) is 11.6 Å². The van der Waals surface area contributed by atoms with Crippen LogP contribution in [0.15, 0.2) is 47.1 Å². The van der Waals surface area contributed by atoms with Gasteiger partial charge >= 0.3 is 0 Å². The van der Waals surface area contributed by atoms with E-state index in [2.05, 4.69) is 25.3 Å². The van der Waals surface area contributed by atoms with Crippen molar-refractivity contribution in [3.05, 3.63) is 54.0 Å². The van der Waals surface area contributed by atoms with Crippen LogP contribution in [0.25, 0.3) is 11.5 Å². The van der Waals surface area contributed by atoms with Crippen LogP contribution in [0.3, 0.4) is 0 Å². The van der Waals surface area contributed by atoms with Crippen LogP contribution < -0.4 is 15.0 Å². The van der Waals surface area contributed by atoms with E-state index in [0.29, 0.717) is 18.3 Å². The molecule has 30 heavy (non-hydrogen) atoms. The van der Waals surface area contributed by atoms with Crippen LogP contribution in [0.2, 0.25) is 0 Å². The molecule has 4 rings (SSSR count). The fourth-order valence-corrected chi connectivity index (χ4v) is 3.65. The number of carbonyl (C=O) groups is 1. The predicted molar refractivity (Wildman–Crippen MR) is 112 cm³/mol. The van der Waals surface area contributed by atoms with Crippen molar-refractivity contribution in [2.45, 2.75) is 26.3 Å². The molecule has 1 fully saturated rings. The Morgan fingerprint density at radius 2 is 2.00 bits per heavy atom. The fourth-order valence-electron chi connectivity index (χ4n) is 3.65. The van der Waals surface area contributed by atoms with Crippen molar-refractivity contribution in [3.8, 4) is 17.2 Å². The van der Waals surface area contributed by atoms with E-state index in [-0.39, 0.29) is 11.8 Å². The van der Waals surface area contributed by atoms with Crippen LogP contribution in [0.5, 0.6) is 5.75 Å². The van der Waals surface area contributed by atoms with Crippen LogP contribution in [0.4, 0.5) is 5.82 Å². The van der Waals surface area contributed by atoms with Gasteiger partial charge in [-0.05, 0) is 49.6 Å². The summed E-state index contributed by atoms with van der Waals surface area (Å²) < 4.78 is 10.5. The molecule has 0 radical (unpaired) electrons. The SMILES string of the molecule is COc1ccc(CNC(=O)C2CCN(c3ncccc3-c3nc(C)no3)CC2)cc1. The molecule has 0 saturated carbocycles. The smallest absolute Gasteiger partial charge is 0.261 e. The zero-order valence-electron chi connectivity index (χ0n) is 17.2. The molecule has 0 aliphatic carbocycles. The van der Waals surface area contributed by atoms with E-state index in [1.54, 1.807) is 20.2 Å². The summed E-state index contributed by atoms with van der Waals surface area (Å²) in [5.41, 5.74) is 1.87. The molecule has 8 nitrogen and oxygen atoms in total. The Hall–Kier alpha value is -3.42. The van der Waals surface area contributed by atoms with E-state index in [1.807, 2.05) is 36.4 Å². The molecular formula is C22H25N5O3. The number of amides is 1. The van der Waals surface area contributed by atoms with E-state index >= 15 is 0 Å². The summed E-state index contributed by atoms with van der Waals surface area (Å²) in [6.45, 7) is 3.80. The third kappa shape index (κ3) is 4.42. The molecule has 8 heteroatoms. The first-order chi connectivity index (χ1) is 14.6. The van der Waals surface area contributed by atoms with Crippen molar-refractivity contribution >= 4 is 11.7 Å². The Morgan fingerprint density at radius 1 is 1.23 bits per heavy atom. The van der Waals surface area contributed by atoms with Crippen LogP contribution in [-0.4, -0.2) is 41.2 Å². The number of ether oxygens (including phenoxy) is 1. The van der Waals surface area contributed by atoms with Crippen molar-refractivity contribution in [3.63, 3.8) is 0 Å². The van der Waals surface area contributed by atoms with Crippen LogP contribution in [-0.2, 0) is 11.3 Å². The van der Waals surface area contributed by atoms with Gasteiger partial charge in [-0.25, -0.2) is 4.98 Å². The van der Waals surface area contributed by atoms with Crippen LogP contribution >= 0.6 is 0 Å². The summed E-state index contributed by atoms with van der Waals surface area (Å²) in [7, 11) is 1.64. The number of benzene rings is 1. The molecule has 1 N–H and O–H groups in total. The maximum absolute atomic E-state index is 12.6. The monoisotopic (exact) mass is 407 g/mol. The quantitative estimate of drug-likeness (QED) is 0.671. The van der Waals surface area contributed by atoms with Crippen molar-refractivity contribution in [1.29, 1.82) is 0 Å². The van der Waals surface area contributed by atoms with E-state index in [1.165, 1.54) is 0 Å². The van der Waals surface area contributed by atoms with Crippen molar-refractivity contribution < 1.29 is 14.1 Å². The standard InChI is InChI=1S/C22H25N5O3/c1-15-25-22(30-26-15)19-4-3-11-23-20(19)27-12-9-17(10-13-27)21(28)24-14-16-5-7-18(29-2)8-6-16/h3-8,11,17H,9-10,12-14H2,1-2H3,(H,24,28). The number of hydrogen-bond acceptors (Lipinski definition) is 7. The first-order valence-electron chi connectivity index (χ1n) is 10.1. The summed E-state index contributed by atoms with van der Waals surface area (Å²) in [6.07, 6.45) is 3.30. The summed E-state index contributed by atoms with van der Waals surface area (Å²) >= 11 is 0. The summed E-state index contributed by atoms with van der Waals surface area (Å²) in [4.78, 5) is 23.7. The van der Waals surface area contributed by atoms with Gasteiger partial charge in [0.15, 0.2) is 5.82 Å². The number of pyridine rings is 1. The lowest BCUT2D eigenvalue weighted by Gasteiger charge is -2.32. The van der Waals surface area contributed by atoms with Gasteiger partial charge in [0.25, 0.3) is 5.89 Å². The van der Waals surface area contributed by atoms with Crippen LogP contribution in [0, 0.1) is 12.8 Å². The molecule has 1 aliphatic rings. The maximum Gasteiger partial charge on any atom is 0.261 e. The number of aryl methyl sites for hydroxylation is 1. The average Bonchev–Trinajstić information content (AvgIpc) is 3.24. The van der Waals surface area contributed by atoms with E-state index < -0.39 is 0 Å². The minimum atomic E-state index is -0.00249. The Labute approximate surface area is 175 Å². The topological polar surface area (TPSA) is 93.4 Å². The molecule has 3 aromatic rings. The van der Waals surface area contributed by atoms with E-state index in [4.69, 9.17) is 9.26 Å². The number of piperidine rings is 1. The second kappa shape index (κ2) is 8.94. The predicted octanol–water partition coefficient (Wildman–Crippen LogP) is 2.98. The molecule has 2 aromatic heterocycles. The summed E-state index contributed by atoms with van der Waals surface area (Å²) in [5.74, 6) is 2.78. The lowest BCUT2D eigenvalue weighted by molar-refractivity contribution is -0.125. The first kappa shape index (κ1) is 19.9. The highest BCUT2D eigenvalue weighted by Gasteiger charge is 2.27. The van der Waals surface area contributed by atoms with Gasteiger partial charge in [-0.1, -0.05) is 17.3 Å². The molecule has 1 aliphatic heterocycles. The molecule has 0 spiro atoms. The highest BCUT2D eigenvalue weighted by Crippen LogP contribution is 2.30. The number of nitrogens with zero attached hydrogens (tertiary/aromatic N) is 4. The Bertz CT molecular complexity index is 994. The molecular weight excluding hydrogens is 382 g/mol. The van der Waals surface area contributed by atoms with Crippen molar-refractivity contribution in [2.75, 3.05) is 25.1 Å². The van der Waals surface area contributed by atoms with Gasteiger partial charge in [0, 0.05) is 31.7 Å². The minimum absolute atomic E-state index is 0.00249. The molecule has 156 valence electrons. The number of aromatic nitrogens is 3. The second-order valence-corrected chi connectivity index (χ2v) is 7.35. The largest absolute Gasteiger partial charge is 0.497 e. The van der Waals surface area contributed by atoms with Gasteiger partial charge in [-0.2, -0.15) is 4.98 Å². The number of hydrogen-bond donors (Lipinski definition) is 1. The van der Waals surface area contributed by atoms with Crippen molar-refractivity contribution in [2.24, 2.45) is 5.92 Å². The number of nitrogens with one attached hydrogen (secondary N) is 1. The van der Waals surface area contributed by atoms with Gasteiger partial charge in [-0.3, -0.25) is 4.79 Å².